The molecule has 196 valence electrons. The summed E-state index contributed by atoms with van der Waals surface area (Å²) in [5.41, 5.74) is 6.53. The molecular formula is C30H29N7O2. The highest BCUT2D eigenvalue weighted by atomic mass is 16.2. The molecule has 2 aromatic carbocycles. The summed E-state index contributed by atoms with van der Waals surface area (Å²) in [5.74, 6) is -0.0976. The van der Waals surface area contributed by atoms with Gasteiger partial charge in [0.1, 0.15) is 0 Å². The van der Waals surface area contributed by atoms with E-state index in [4.69, 9.17) is 0 Å². The Hall–Kier alpha value is -4.79. The van der Waals surface area contributed by atoms with Crippen molar-refractivity contribution in [2.24, 2.45) is 7.05 Å². The number of carbonyl (C=O) groups is 2. The molecule has 2 amide bonds. The molecule has 0 atom stereocenters. The highest BCUT2D eigenvalue weighted by Crippen LogP contribution is 2.33. The third-order valence-corrected chi connectivity index (χ3v) is 7.39. The Balaban J connectivity index is 1.30. The zero-order chi connectivity index (χ0) is 26.9. The maximum absolute atomic E-state index is 13.3. The molecule has 3 aromatic heterocycles. The molecule has 2 N–H and O–H groups in total. The van der Waals surface area contributed by atoms with Gasteiger partial charge in [0.15, 0.2) is 0 Å². The highest BCUT2D eigenvalue weighted by Gasteiger charge is 2.23. The van der Waals surface area contributed by atoms with Gasteiger partial charge >= 0.3 is 0 Å². The predicted octanol–water partition coefficient (Wildman–Crippen LogP) is 4.67. The number of hydrogen-bond acceptors (Lipinski definition) is 6. The molecule has 1 saturated heterocycles. The Morgan fingerprint density at radius 2 is 1.79 bits per heavy atom. The number of likely N-dealkylation sites (tertiary alicyclic amines) is 1. The van der Waals surface area contributed by atoms with E-state index in [0.29, 0.717) is 24.3 Å². The van der Waals surface area contributed by atoms with Gasteiger partial charge in [-0.2, -0.15) is 0 Å². The van der Waals surface area contributed by atoms with Gasteiger partial charge in [0, 0.05) is 74.7 Å². The first kappa shape index (κ1) is 24.5. The second-order valence-corrected chi connectivity index (χ2v) is 9.95. The van der Waals surface area contributed by atoms with Crippen LogP contribution in [0.15, 0.2) is 73.4 Å². The van der Waals surface area contributed by atoms with Crippen molar-refractivity contribution in [3.8, 4) is 11.1 Å². The number of carbonyl (C=O) groups excluding carboxylic acids is 2. The maximum atomic E-state index is 13.3. The van der Waals surface area contributed by atoms with Gasteiger partial charge in [-0.1, -0.05) is 12.1 Å². The molecule has 9 nitrogen and oxygen atoms in total. The number of fused-ring (bicyclic) bond motifs is 2. The van der Waals surface area contributed by atoms with Gasteiger partial charge in [-0.15, -0.1) is 0 Å². The van der Waals surface area contributed by atoms with Crippen molar-refractivity contribution in [2.45, 2.75) is 25.8 Å². The molecule has 6 rings (SSSR count). The lowest BCUT2D eigenvalue weighted by Gasteiger charge is -2.31. The lowest BCUT2D eigenvalue weighted by Crippen LogP contribution is -2.46. The quantitative estimate of drug-likeness (QED) is 0.350. The van der Waals surface area contributed by atoms with Crippen molar-refractivity contribution < 1.29 is 9.59 Å². The average molecular weight is 520 g/mol. The van der Waals surface area contributed by atoms with Gasteiger partial charge in [0.2, 0.25) is 5.91 Å². The summed E-state index contributed by atoms with van der Waals surface area (Å²) in [7, 11) is 2.03. The van der Waals surface area contributed by atoms with Crippen LogP contribution in [0.4, 0.5) is 11.4 Å². The van der Waals surface area contributed by atoms with Crippen LogP contribution in [0.3, 0.4) is 0 Å². The van der Waals surface area contributed by atoms with Gasteiger partial charge in [-0.05, 0) is 54.1 Å². The fraction of sp³-hybridized carbons (Fsp3) is 0.233. The number of aromatic nitrogens is 4. The van der Waals surface area contributed by atoms with E-state index in [0.717, 1.165) is 46.2 Å². The lowest BCUT2D eigenvalue weighted by atomic mass is 10.0. The van der Waals surface area contributed by atoms with Gasteiger partial charge < -0.3 is 20.1 Å². The highest BCUT2D eigenvalue weighted by molar-refractivity contribution is 6.01. The van der Waals surface area contributed by atoms with E-state index in [9.17, 15) is 9.59 Å². The van der Waals surface area contributed by atoms with E-state index in [2.05, 4.69) is 54.4 Å². The Morgan fingerprint density at radius 1 is 0.974 bits per heavy atom. The molecule has 5 aromatic rings. The molecule has 0 saturated carbocycles. The van der Waals surface area contributed by atoms with Crippen LogP contribution in [0.5, 0.6) is 0 Å². The first-order valence-electron chi connectivity index (χ1n) is 13.0. The normalized spacial score (nSPS) is 14.1. The van der Waals surface area contributed by atoms with E-state index in [1.54, 1.807) is 37.8 Å². The standard InChI is InChI=1S/C30H29N7O2/c1-19(38)37-13-7-22(8-14-37)35-30(39)24-5-9-31-18-27(24)34-23-16-25(29-26(17-23)32-10-11-33-29)21-4-3-20-6-12-36(2)28(20)15-21/h3-6,9-12,15-18,22,34H,7-8,13-14H2,1-2H3,(H,35,39). The maximum Gasteiger partial charge on any atom is 0.253 e. The van der Waals surface area contributed by atoms with Crippen molar-refractivity contribution in [2.75, 3.05) is 18.4 Å². The van der Waals surface area contributed by atoms with Crippen LogP contribution in [-0.2, 0) is 11.8 Å². The zero-order valence-electron chi connectivity index (χ0n) is 21.9. The van der Waals surface area contributed by atoms with Crippen molar-refractivity contribution >= 4 is 45.1 Å². The molecule has 0 radical (unpaired) electrons. The fourth-order valence-corrected chi connectivity index (χ4v) is 5.25. The van der Waals surface area contributed by atoms with Crippen LogP contribution >= 0.6 is 0 Å². The average Bonchev–Trinajstić information content (AvgIpc) is 3.33. The van der Waals surface area contributed by atoms with Crippen molar-refractivity contribution in [3.05, 3.63) is 79.0 Å². The van der Waals surface area contributed by atoms with Gasteiger partial charge in [-0.25, -0.2) is 0 Å². The molecule has 9 heteroatoms. The number of nitrogens with zero attached hydrogens (tertiary/aromatic N) is 5. The molecule has 1 aliphatic rings. The third kappa shape index (κ3) is 4.90. The molecule has 1 fully saturated rings. The Kier molecular flexibility index (Phi) is 6.40. The summed E-state index contributed by atoms with van der Waals surface area (Å²) in [6.07, 6.45) is 10.2. The minimum Gasteiger partial charge on any atom is -0.354 e. The molecule has 39 heavy (non-hydrogen) atoms. The largest absolute Gasteiger partial charge is 0.354 e. The van der Waals surface area contributed by atoms with E-state index in [1.165, 1.54) is 5.39 Å². The monoisotopic (exact) mass is 519 g/mol. The Morgan fingerprint density at radius 3 is 2.62 bits per heavy atom. The minimum absolute atomic E-state index is 0.0177. The number of pyridine rings is 1. The van der Waals surface area contributed by atoms with Crippen molar-refractivity contribution in [3.63, 3.8) is 0 Å². The summed E-state index contributed by atoms with van der Waals surface area (Å²) in [6.45, 7) is 2.88. The lowest BCUT2D eigenvalue weighted by molar-refractivity contribution is -0.129. The van der Waals surface area contributed by atoms with Crippen molar-refractivity contribution in [1.82, 2.24) is 29.7 Å². The summed E-state index contributed by atoms with van der Waals surface area (Å²) < 4.78 is 2.10. The number of aryl methyl sites for hydroxylation is 1. The van der Waals surface area contributed by atoms with Crippen LogP contribution in [0, 0.1) is 0 Å². The summed E-state index contributed by atoms with van der Waals surface area (Å²) in [4.78, 5) is 40.2. The first-order chi connectivity index (χ1) is 19.0. The molecule has 4 heterocycles. The van der Waals surface area contributed by atoms with Crippen LogP contribution in [-0.4, -0.2) is 55.4 Å². The minimum atomic E-state index is -0.170. The summed E-state index contributed by atoms with van der Waals surface area (Å²) >= 11 is 0. The molecular weight excluding hydrogens is 490 g/mol. The van der Waals surface area contributed by atoms with Crippen LogP contribution in [0.2, 0.25) is 0 Å². The number of nitrogens with one attached hydrogen (secondary N) is 2. The molecule has 0 bridgehead atoms. The number of piperidine rings is 1. The fourth-order valence-electron chi connectivity index (χ4n) is 5.25. The zero-order valence-corrected chi connectivity index (χ0v) is 21.9. The topological polar surface area (TPSA) is 105 Å². The number of benzene rings is 2. The van der Waals surface area contributed by atoms with Crippen LogP contribution in [0.1, 0.15) is 30.1 Å². The summed E-state index contributed by atoms with van der Waals surface area (Å²) in [6, 6.07) is 14.1. The number of anilines is 2. The second kappa shape index (κ2) is 10.2. The van der Waals surface area contributed by atoms with E-state index in [-0.39, 0.29) is 17.9 Å². The molecule has 1 aliphatic heterocycles. The second-order valence-electron chi connectivity index (χ2n) is 9.95. The number of hydrogen-bond donors (Lipinski definition) is 2. The molecule has 0 aliphatic carbocycles. The Bertz CT molecular complexity index is 1700. The first-order valence-corrected chi connectivity index (χ1v) is 13.0. The van der Waals surface area contributed by atoms with Gasteiger partial charge in [0.05, 0.1) is 28.5 Å². The van der Waals surface area contributed by atoms with Crippen LogP contribution in [0.25, 0.3) is 33.1 Å². The summed E-state index contributed by atoms with van der Waals surface area (Å²) in [5, 5.41) is 7.72. The van der Waals surface area contributed by atoms with E-state index < -0.39 is 0 Å². The SMILES string of the molecule is CC(=O)N1CCC(NC(=O)c2ccncc2Nc2cc(-c3ccc4ccn(C)c4c3)c3nccnc3c2)CC1. The number of rotatable bonds is 5. The van der Waals surface area contributed by atoms with E-state index in [1.807, 2.05) is 30.3 Å². The third-order valence-electron chi connectivity index (χ3n) is 7.39. The van der Waals surface area contributed by atoms with Gasteiger partial charge in [-0.3, -0.25) is 24.5 Å². The molecule has 0 spiro atoms. The molecule has 0 unspecified atom stereocenters. The smallest absolute Gasteiger partial charge is 0.253 e. The predicted molar refractivity (Wildman–Crippen MR) is 152 cm³/mol. The van der Waals surface area contributed by atoms with Gasteiger partial charge in [0.25, 0.3) is 5.91 Å². The van der Waals surface area contributed by atoms with Crippen molar-refractivity contribution in [1.29, 1.82) is 0 Å². The van der Waals surface area contributed by atoms with Crippen LogP contribution < -0.4 is 10.6 Å². The van der Waals surface area contributed by atoms with E-state index >= 15 is 0 Å². The number of amides is 2. The Labute approximate surface area is 225 Å².